The van der Waals surface area contributed by atoms with Gasteiger partial charge in [-0.2, -0.15) is 22.0 Å². The number of alkyl halides is 6. The third kappa shape index (κ3) is 3.00. The molecule has 0 spiro atoms. The van der Waals surface area contributed by atoms with Gasteiger partial charge in [0.15, 0.2) is 6.17 Å². The Balaban J connectivity index is -0.000000167. The summed E-state index contributed by atoms with van der Waals surface area (Å²) < 4.78 is 69.4. The van der Waals surface area contributed by atoms with Gasteiger partial charge in [0.05, 0.1) is 0 Å². The Kier molecular flexibility index (Phi) is 5.62. The normalized spacial score (nSPS) is 15.2. The first-order valence-electron chi connectivity index (χ1n) is 2.82. The van der Waals surface area contributed by atoms with Crippen LogP contribution in [0.15, 0.2) is 0 Å². The van der Waals surface area contributed by atoms with Gasteiger partial charge in [0, 0.05) is 0 Å². The summed E-state index contributed by atoms with van der Waals surface area (Å²) in [4.78, 5) is 0. The molecule has 0 aliphatic heterocycles. The van der Waals surface area contributed by atoms with Gasteiger partial charge in [0.1, 0.15) is 0 Å². The standard InChI is InChI=1S/C5H6F6.Mg.2H/c1-2-3(6)4(7,8)5(9,10)11;;;/h3H,2H2,1H3;;;/q;+2;2*-1. The van der Waals surface area contributed by atoms with Crippen molar-refractivity contribution in [3.63, 3.8) is 0 Å². The molecule has 0 N–H and O–H groups in total. The van der Waals surface area contributed by atoms with Crippen molar-refractivity contribution in [2.45, 2.75) is 31.6 Å². The molecule has 0 aromatic heterocycles. The number of hydrogen-bond donors (Lipinski definition) is 0. The molecular formula is C5H8F6Mg. The monoisotopic (exact) mass is 206 g/mol. The van der Waals surface area contributed by atoms with Crippen LogP contribution < -0.4 is 0 Å². The van der Waals surface area contributed by atoms with Gasteiger partial charge in [-0.15, -0.1) is 0 Å². The molecule has 0 fully saturated rings. The molecule has 0 saturated heterocycles. The number of rotatable bonds is 2. The summed E-state index contributed by atoms with van der Waals surface area (Å²) in [5.74, 6) is -5.22. The molecule has 0 saturated carbocycles. The third-order valence-electron chi connectivity index (χ3n) is 1.13. The second kappa shape index (κ2) is 4.55. The minimum absolute atomic E-state index is 0. The van der Waals surface area contributed by atoms with Crippen LogP contribution in [-0.4, -0.2) is 41.3 Å². The third-order valence-corrected chi connectivity index (χ3v) is 1.13. The average Bonchev–Trinajstić information content (AvgIpc) is 1.83. The molecule has 0 bridgehead atoms. The summed E-state index contributed by atoms with van der Waals surface area (Å²) in [6.07, 6.45) is -9.79. The SMILES string of the molecule is CCC(F)C(F)(F)C(F)(F)F.[H-].[H-].[Mg+2]. The Morgan fingerprint density at radius 1 is 1.17 bits per heavy atom. The summed E-state index contributed by atoms with van der Waals surface area (Å²) in [7, 11) is 0. The van der Waals surface area contributed by atoms with Crippen molar-refractivity contribution in [1.82, 2.24) is 0 Å². The quantitative estimate of drug-likeness (QED) is 0.481. The van der Waals surface area contributed by atoms with Crippen LogP contribution in [0.5, 0.6) is 0 Å². The largest absolute Gasteiger partial charge is 2.00 e. The van der Waals surface area contributed by atoms with E-state index in [1.807, 2.05) is 0 Å². The maximum atomic E-state index is 11.9. The number of halogens is 6. The smallest absolute Gasteiger partial charge is 1.00 e. The van der Waals surface area contributed by atoms with Crippen LogP contribution in [0, 0.1) is 0 Å². The van der Waals surface area contributed by atoms with Crippen molar-refractivity contribution in [2.24, 2.45) is 0 Å². The van der Waals surface area contributed by atoms with E-state index in [0.717, 1.165) is 6.92 Å². The fourth-order valence-electron chi connectivity index (χ4n) is 0.434. The zero-order valence-electron chi connectivity index (χ0n) is 8.26. The fourth-order valence-corrected chi connectivity index (χ4v) is 0.434. The molecule has 0 nitrogen and oxygen atoms in total. The van der Waals surface area contributed by atoms with E-state index >= 15 is 0 Å². The zero-order chi connectivity index (χ0) is 9.28. The van der Waals surface area contributed by atoms with E-state index in [4.69, 9.17) is 0 Å². The summed E-state index contributed by atoms with van der Waals surface area (Å²) in [6, 6.07) is 0. The molecular weight excluding hydrogens is 198 g/mol. The molecule has 0 amide bonds. The Hall–Kier alpha value is 0.346. The Bertz CT molecular complexity index is 139. The van der Waals surface area contributed by atoms with Gasteiger partial charge in [-0.25, -0.2) is 4.39 Å². The summed E-state index contributed by atoms with van der Waals surface area (Å²) in [5.41, 5.74) is 0. The molecule has 1 atom stereocenters. The molecule has 0 rings (SSSR count). The molecule has 0 aromatic carbocycles. The van der Waals surface area contributed by atoms with Crippen LogP contribution in [0.2, 0.25) is 0 Å². The Labute approximate surface area is 84.4 Å². The van der Waals surface area contributed by atoms with Crippen LogP contribution in [0.4, 0.5) is 26.3 Å². The van der Waals surface area contributed by atoms with E-state index in [-0.39, 0.29) is 25.9 Å². The second-order valence-electron chi connectivity index (χ2n) is 2.00. The van der Waals surface area contributed by atoms with E-state index in [0.29, 0.717) is 0 Å². The molecule has 0 heterocycles. The molecule has 1 unspecified atom stereocenters. The summed E-state index contributed by atoms with van der Waals surface area (Å²) in [6.45, 7) is 0.921. The van der Waals surface area contributed by atoms with Crippen LogP contribution in [0.25, 0.3) is 0 Å². The molecule has 0 aliphatic rings. The Morgan fingerprint density at radius 3 is 1.58 bits per heavy atom. The van der Waals surface area contributed by atoms with Gasteiger partial charge in [-0.1, -0.05) is 6.92 Å². The van der Waals surface area contributed by atoms with Crippen LogP contribution >= 0.6 is 0 Å². The van der Waals surface area contributed by atoms with Crippen LogP contribution in [0.1, 0.15) is 16.2 Å². The fraction of sp³-hybridized carbons (Fsp3) is 1.00. The predicted octanol–water partition coefficient (Wildman–Crippen LogP) is 2.78. The molecule has 0 aliphatic carbocycles. The van der Waals surface area contributed by atoms with Crippen molar-refractivity contribution in [2.75, 3.05) is 0 Å². The number of hydrogen-bond acceptors (Lipinski definition) is 0. The minimum Gasteiger partial charge on any atom is -1.00 e. The second-order valence-corrected chi connectivity index (χ2v) is 2.00. The van der Waals surface area contributed by atoms with Crippen LogP contribution in [0.3, 0.4) is 0 Å². The molecule has 12 heavy (non-hydrogen) atoms. The topological polar surface area (TPSA) is 0 Å². The average molecular weight is 206 g/mol. The molecule has 72 valence electrons. The van der Waals surface area contributed by atoms with Gasteiger partial charge in [0.2, 0.25) is 0 Å². The van der Waals surface area contributed by atoms with Crippen molar-refractivity contribution < 1.29 is 29.2 Å². The summed E-state index contributed by atoms with van der Waals surface area (Å²) in [5, 5.41) is 0. The van der Waals surface area contributed by atoms with E-state index in [1.165, 1.54) is 0 Å². The first-order chi connectivity index (χ1) is 4.73. The minimum atomic E-state index is -5.79. The maximum Gasteiger partial charge on any atom is 2.00 e. The molecule has 0 aromatic rings. The van der Waals surface area contributed by atoms with Crippen molar-refractivity contribution >= 4 is 23.1 Å². The first kappa shape index (κ1) is 14.8. The van der Waals surface area contributed by atoms with Crippen molar-refractivity contribution in [3.05, 3.63) is 0 Å². The Morgan fingerprint density at radius 2 is 1.50 bits per heavy atom. The molecule has 7 heteroatoms. The van der Waals surface area contributed by atoms with Gasteiger partial charge in [-0.05, 0) is 6.42 Å². The van der Waals surface area contributed by atoms with Crippen molar-refractivity contribution in [1.29, 1.82) is 0 Å². The zero-order valence-corrected chi connectivity index (χ0v) is 7.67. The van der Waals surface area contributed by atoms with Gasteiger partial charge >= 0.3 is 35.2 Å². The van der Waals surface area contributed by atoms with E-state index in [1.54, 1.807) is 0 Å². The van der Waals surface area contributed by atoms with Gasteiger partial charge < -0.3 is 2.85 Å². The van der Waals surface area contributed by atoms with Crippen molar-refractivity contribution in [3.8, 4) is 0 Å². The van der Waals surface area contributed by atoms with Gasteiger partial charge in [0.25, 0.3) is 0 Å². The van der Waals surface area contributed by atoms with E-state index in [9.17, 15) is 26.3 Å². The maximum absolute atomic E-state index is 11.9. The van der Waals surface area contributed by atoms with Gasteiger partial charge in [-0.3, -0.25) is 0 Å². The van der Waals surface area contributed by atoms with E-state index < -0.39 is 24.7 Å². The predicted molar refractivity (Wildman–Crippen MR) is 34.2 cm³/mol. The molecule has 0 radical (unpaired) electrons. The van der Waals surface area contributed by atoms with Crippen LogP contribution in [-0.2, 0) is 0 Å². The first-order valence-corrected chi connectivity index (χ1v) is 2.82. The van der Waals surface area contributed by atoms with E-state index in [2.05, 4.69) is 0 Å². The summed E-state index contributed by atoms with van der Waals surface area (Å²) >= 11 is 0.